The average molecular weight is 244 g/mol. The predicted molar refractivity (Wildman–Crippen MR) is 58.8 cm³/mol. The van der Waals surface area contributed by atoms with Gasteiger partial charge >= 0.3 is 0 Å². The molecule has 8 nitrogen and oxygen atoms in total. The first-order valence-electron chi connectivity index (χ1n) is 5.05. The van der Waals surface area contributed by atoms with Crippen LogP contribution in [0.4, 0.5) is 0 Å². The van der Waals surface area contributed by atoms with Crippen LogP contribution in [0.15, 0.2) is 0 Å². The Balaban J connectivity index is 3.60. The molecule has 0 spiro atoms. The molecule has 0 aromatic rings. The van der Waals surface area contributed by atoms with Crippen molar-refractivity contribution in [2.45, 2.75) is 6.42 Å². The maximum absolute atomic E-state index is 10.9. The van der Waals surface area contributed by atoms with Crippen LogP contribution in [0.3, 0.4) is 0 Å². The van der Waals surface area contributed by atoms with Crippen LogP contribution in [0.2, 0.25) is 0 Å². The van der Waals surface area contributed by atoms with E-state index in [1.54, 1.807) is 0 Å². The van der Waals surface area contributed by atoms with Gasteiger partial charge in [-0.1, -0.05) is 0 Å². The predicted octanol–water partition coefficient (Wildman–Crippen LogP) is -3.34. The molecule has 0 aromatic heterocycles. The zero-order valence-electron chi connectivity index (χ0n) is 9.32. The summed E-state index contributed by atoms with van der Waals surface area (Å²) in [5.41, 5.74) is 9.95. The van der Waals surface area contributed by atoms with E-state index in [0.717, 1.165) is 0 Å². The molecule has 0 aliphatic rings. The SMILES string of the molecule is NCC(=O)C(=O)NCCCNC(=O)C(=O)CN. The molecule has 0 radical (unpaired) electrons. The summed E-state index contributed by atoms with van der Waals surface area (Å²) in [4.78, 5) is 43.3. The number of amides is 2. The van der Waals surface area contributed by atoms with Crippen LogP contribution in [0.5, 0.6) is 0 Å². The molecule has 0 unspecified atom stereocenters. The Kier molecular flexibility index (Phi) is 7.48. The molecule has 0 saturated carbocycles. The van der Waals surface area contributed by atoms with Gasteiger partial charge in [-0.05, 0) is 6.42 Å². The maximum atomic E-state index is 10.9. The van der Waals surface area contributed by atoms with E-state index in [1.807, 2.05) is 0 Å². The number of carbonyl (C=O) groups excluding carboxylic acids is 4. The van der Waals surface area contributed by atoms with Crippen molar-refractivity contribution >= 4 is 23.4 Å². The molecule has 0 bridgehead atoms. The van der Waals surface area contributed by atoms with Gasteiger partial charge in [0, 0.05) is 13.1 Å². The van der Waals surface area contributed by atoms with Gasteiger partial charge in [0.15, 0.2) is 0 Å². The number of rotatable bonds is 8. The normalized spacial score (nSPS) is 9.53. The minimum Gasteiger partial charge on any atom is -0.349 e. The smallest absolute Gasteiger partial charge is 0.288 e. The molecule has 96 valence electrons. The number of nitrogens with one attached hydrogen (secondary N) is 2. The lowest BCUT2D eigenvalue weighted by Gasteiger charge is -2.04. The van der Waals surface area contributed by atoms with E-state index in [1.165, 1.54) is 0 Å². The summed E-state index contributed by atoms with van der Waals surface area (Å²) < 4.78 is 0. The van der Waals surface area contributed by atoms with Crippen molar-refractivity contribution in [2.24, 2.45) is 11.5 Å². The van der Waals surface area contributed by atoms with E-state index in [9.17, 15) is 19.2 Å². The van der Waals surface area contributed by atoms with E-state index in [4.69, 9.17) is 11.5 Å². The lowest BCUT2D eigenvalue weighted by molar-refractivity contribution is -0.137. The van der Waals surface area contributed by atoms with E-state index in [-0.39, 0.29) is 26.2 Å². The third-order valence-electron chi connectivity index (χ3n) is 1.80. The van der Waals surface area contributed by atoms with E-state index < -0.39 is 23.4 Å². The lowest BCUT2D eigenvalue weighted by atomic mass is 10.3. The summed E-state index contributed by atoms with van der Waals surface area (Å²) in [6, 6.07) is 0. The molecule has 0 atom stereocenters. The standard InChI is InChI=1S/C9H16N4O4/c10-4-6(14)8(16)12-2-1-3-13-9(17)7(15)5-11/h1-5,10-11H2,(H,12,16)(H,13,17). The molecular weight excluding hydrogens is 228 g/mol. The minimum absolute atomic E-state index is 0.210. The first-order valence-corrected chi connectivity index (χ1v) is 5.05. The largest absolute Gasteiger partial charge is 0.349 e. The molecule has 0 saturated heterocycles. The fourth-order valence-electron chi connectivity index (χ4n) is 0.875. The Morgan fingerprint density at radius 3 is 1.41 bits per heavy atom. The van der Waals surface area contributed by atoms with Crippen LogP contribution < -0.4 is 22.1 Å². The number of Topliss-reactive ketones (excluding diaryl/α,β-unsaturated/α-hetero) is 2. The molecule has 17 heavy (non-hydrogen) atoms. The molecule has 8 heteroatoms. The molecule has 0 aliphatic heterocycles. The van der Waals surface area contributed by atoms with E-state index in [2.05, 4.69) is 10.6 Å². The fraction of sp³-hybridized carbons (Fsp3) is 0.556. The zero-order chi connectivity index (χ0) is 13.3. The van der Waals surface area contributed by atoms with Crippen LogP contribution in [0, 0.1) is 0 Å². The summed E-state index contributed by atoms with van der Waals surface area (Å²) in [6.45, 7) is -0.259. The van der Waals surface area contributed by atoms with Crippen LogP contribution in [-0.4, -0.2) is 49.6 Å². The molecule has 0 heterocycles. The van der Waals surface area contributed by atoms with Crippen molar-refractivity contribution in [2.75, 3.05) is 26.2 Å². The van der Waals surface area contributed by atoms with Gasteiger partial charge in [0.1, 0.15) is 0 Å². The van der Waals surface area contributed by atoms with Crippen LogP contribution in [0.1, 0.15) is 6.42 Å². The number of hydrogen-bond donors (Lipinski definition) is 4. The van der Waals surface area contributed by atoms with Crippen LogP contribution in [0.25, 0.3) is 0 Å². The van der Waals surface area contributed by atoms with E-state index in [0.29, 0.717) is 6.42 Å². The average Bonchev–Trinajstić information content (AvgIpc) is 2.35. The van der Waals surface area contributed by atoms with Crippen LogP contribution in [-0.2, 0) is 19.2 Å². The minimum atomic E-state index is -0.753. The first-order chi connectivity index (χ1) is 8.02. The number of nitrogens with two attached hydrogens (primary N) is 2. The molecular formula is C9H16N4O4. The summed E-state index contributed by atoms with van der Waals surface area (Å²) in [5.74, 6) is -2.91. The second kappa shape index (κ2) is 8.36. The Hall–Kier alpha value is -1.80. The van der Waals surface area contributed by atoms with Gasteiger partial charge in [0.25, 0.3) is 11.8 Å². The highest BCUT2D eigenvalue weighted by molar-refractivity contribution is 6.37. The van der Waals surface area contributed by atoms with Gasteiger partial charge in [-0.3, -0.25) is 19.2 Å². The first kappa shape index (κ1) is 15.2. The van der Waals surface area contributed by atoms with Crippen molar-refractivity contribution in [3.05, 3.63) is 0 Å². The third kappa shape index (κ3) is 6.38. The summed E-state index contributed by atoms with van der Waals surface area (Å²) in [5, 5.41) is 4.64. The number of ketones is 2. The van der Waals surface area contributed by atoms with Crippen LogP contribution >= 0.6 is 0 Å². The highest BCUT2D eigenvalue weighted by atomic mass is 16.2. The highest BCUT2D eigenvalue weighted by Gasteiger charge is 2.11. The van der Waals surface area contributed by atoms with Crippen molar-refractivity contribution < 1.29 is 19.2 Å². The number of carbonyl (C=O) groups is 4. The monoisotopic (exact) mass is 244 g/mol. The van der Waals surface area contributed by atoms with E-state index >= 15 is 0 Å². The third-order valence-corrected chi connectivity index (χ3v) is 1.80. The van der Waals surface area contributed by atoms with Gasteiger partial charge < -0.3 is 22.1 Å². The van der Waals surface area contributed by atoms with Gasteiger partial charge in [0.05, 0.1) is 13.1 Å². The second-order valence-electron chi connectivity index (χ2n) is 3.12. The van der Waals surface area contributed by atoms with Crippen molar-refractivity contribution in [1.29, 1.82) is 0 Å². The van der Waals surface area contributed by atoms with Gasteiger partial charge in [-0.15, -0.1) is 0 Å². The molecule has 0 fully saturated rings. The number of hydrogen-bond acceptors (Lipinski definition) is 6. The van der Waals surface area contributed by atoms with Gasteiger partial charge in [0.2, 0.25) is 11.6 Å². The van der Waals surface area contributed by atoms with Gasteiger partial charge in [-0.2, -0.15) is 0 Å². The summed E-state index contributed by atoms with van der Waals surface area (Å²) in [7, 11) is 0. The highest BCUT2D eigenvalue weighted by Crippen LogP contribution is 1.77. The summed E-state index contributed by atoms with van der Waals surface area (Å²) in [6.07, 6.45) is 0.396. The topological polar surface area (TPSA) is 144 Å². The van der Waals surface area contributed by atoms with Crippen molar-refractivity contribution in [3.63, 3.8) is 0 Å². The summed E-state index contributed by atoms with van der Waals surface area (Å²) >= 11 is 0. The lowest BCUT2D eigenvalue weighted by Crippen LogP contribution is -2.38. The Labute approximate surface area is 98.1 Å². The van der Waals surface area contributed by atoms with Crippen molar-refractivity contribution in [1.82, 2.24) is 10.6 Å². The van der Waals surface area contributed by atoms with Crippen molar-refractivity contribution in [3.8, 4) is 0 Å². The molecule has 6 N–H and O–H groups in total. The zero-order valence-corrected chi connectivity index (χ0v) is 9.32. The molecule has 0 aliphatic carbocycles. The second-order valence-corrected chi connectivity index (χ2v) is 3.12. The Morgan fingerprint density at radius 2 is 1.12 bits per heavy atom. The Morgan fingerprint density at radius 1 is 0.765 bits per heavy atom. The maximum Gasteiger partial charge on any atom is 0.288 e. The molecule has 2 amide bonds. The molecule has 0 aromatic carbocycles. The van der Waals surface area contributed by atoms with Gasteiger partial charge in [-0.25, -0.2) is 0 Å². The Bertz CT molecular complexity index is 286. The quantitative estimate of drug-likeness (QED) is 0.259. The molecule has 0 rings (SSSR count). The fourth-order valence-corrected chi connectivity index (χ4v) is 0.875.